The molecule has 0 aliphatic carbocycles. The first-order valence-corrected chi connectivity index (χ1v) is 11.5. The molecule has 0 amide bonds. The van der Waals surface area contributed by atoms with Gasteiger partial charge in [0.1, 0.15) is 17.2 Å². The predicted octanol–water partition coefficient (Wildman–Crippen LogP) is 6.06. The molecule has 30 heavy (non-hydrogen) atoms. The minimum atomic E-state index is -0.510. The molecule has 0 spiro atoms. The Balaban J connectivity index is 2.03. The molecule has 2 rings (SSSR count). The monoisotopic (exact) mass is 432 g/mol. The third-order valence-electron chi connectivity index (χ3n) is 5.64. The van der Waals surface area contributed by atoms with Crippen molar-refractivity contribution in [3.8, 4) is 5.75 Å². The van der Waals surface area contributed by atoms with Crippen molar-refractivity contribution in [1.82, 2.24) is 0 Å². The van der Waals surface area contributed by atoms with Gasteiger partial charge in [-0.25, -0.2) is 4.79 Å². The highest BCUT2D eigenvalue weighted by Crippen LogP contribution is 2.32. The number of ether oxygens (including phenoxy) is 2. The van der Waals surface area contributed by atoms with E-state index in [1.165, 1.54) is 28.9 Å². The molecule has 4 nitrogen and oxygen atoms in total. The van der Waals surface area contributed by atoms with E-state index in [2.05, 4.69) is 32.0 Å². The molecule has 0 bridgehead atoms. The number of thiophene rings is 1. The molecule has 2 unspecified atom stereocenters. The summed E-state index contributed by atoms with van der Waals surface area (Å²) in [5.74, 6) is 1.02. The fourth-order valence-electron chi connectivity index (χ4n) is 3.40. The quantitative estimate of drug-likeness (QED) is 0.489. The number of esters is 1. The van der Waals surface area contributed by atoms with E-state index in [9.17, 15) is 9.90 Å². The number of carbonyl (C=O) groups excluding carboxylic acids is 1. The Morgan fingerprint density at radius 1 is 1.17 bits per heavy atom. The Kier molecular flexibility index (Phi) is 8.51. The van der Waals surface area contributed by atoms with Crippen LogP contribution < -0.4 is 4.74 Å². The first-order valence-electron chi connectivity index (χ1n) is 10.7. The van der Waals surface area contributed by atoms with Crippen LogP contribution in [0.5, 0.6) is 5.75 Å². The smallest absolute Gasteiger partial charge is 0.348 e. The van der Waals surface area contributed by atoms with Crippen LogP contribution in [0.4, 0.5) is 0 Å². The number of carbonyl (C=O) groups is 1. The summed E-state index contributed by atoms with van der Waals surface area (Å²) in [5, 5.41) is 10.2. The standard InChI is InChI=1S/C25H36O4S/c1-8-18(9-11-20-14-17(3)23(30-20)24(27)28-7)19-10-12-21(16(2)13-19)29-15-22(26)25(4,5)6/h10,12-14,18,22,26H,8-9,11,15H2,1-7H3. The SMILES string of the molecule is CCC(CCc1cc(C)c(C(=O)OC)s1)c1ccc(OCC(O)C(C)(C)C)c(C)c1. The molecule has 2 aromatic rings. The first kappa shape index (κ1) is 24.4. The fourth-order valence-corrected chi connectivity index (χ4v) is 4.50. The largest absolute Gasteiger partial charge is 0.491 e. The second-order valence-electron chi connectivity index (χ2n) is 9.08. The number of methoxy groups -OCH3 is 1. The van der Waals surface area contributed by atoms with Crippen molar-refractivity contribution in [3.05, 3.63) is 50.7 Å². The van der Waals surface area contributed by atoms with Gasteiger partial charge in [0.2, 0.25) is 0 Å². The number of benzene rings is 1. The average Bonchev–Trinajstić information content (AvgIpc) is 3.06. The molecular weight excluding hydrogens is 396 g/mol. The fraction of sp³-hybridized carbons (Fsp3) is 0.560. The zero-order chi connectivity index (χ0) is 22.5. The van der Waals surface area contributed by atoms with Crippen molar-refractivity contribution in [2.24, 2.45) is 5.41 Å². The third-order valence-corrected chi connectivity index (χ3v) is 6.92. The maximum Gasteiger partial charge on any atom is 0.348 e. The lowest BCUT2D eigenvalue weighted by Gasteiger charge is -2.26. The Morgan fingerprint density at radius 3 is 2.43 bits per heavy atom. The van der Waals surface area contributed by atoms with Gasteiger partial charge in [-0.3, -0.25) is 0 Å². The van der Waals surface area contributed by atoms with Gasteiger partial charge in [0, 0.05) is 4.88 Å². The van der Waals surface area contributed by atoms with E-state index < -0.39 is 6.10 Å². The zero-order valence-electron chi connectivity index (χ0n) is 19.4. The minimum Gasteiger partial charge on any atom is -0.491 e. The van der Waals surface area contributed by atoms with Crippen molar-refractivity contribution in [1.29, 1.82) is 0 Å². The molecule has 0 aliphatic rings. The average molecular weight is 433 g/mol. The Hall–Kier alpha value is -1.85. The van der Waals surface area contributed by atoms with Gasteiger partial charge in [0.25, 0.3) is 0 Å². The minimum absolute atomic E-state index is 0.199. The number of aliphatic hydroxyl groups is 1. The van der Waals surface area contributed by atoms with Crippen LogP contribution in [0.3, 0.4) is 0 Å². The highest BCUT2D eigenvalue weighted by molar-refractivity contribution is 7.14. The number of aliphatic hydroxyl groups excluding tert-OH is 1. The summed E-state index contributed by atoms with van der Waals surface area (Å²) in [6, 6.07) is 8.46. The van der Waals surface area contributed by atoms with Gasteiger partial charge >= 0.3 is 5.97 Å². The molecule has 1 aromatic heterocycles. The highest BCUT2D eigenvalue weighted by Gasteiger charge is 2.23. The molecule has 0 radical (unpaired) electrons. The van der Waals surface area contributed by atoms with Gasteiger partial charge in [-0.15, -0.1) is 11.3 Å². The van der Waals surface area contributed by atoms with Gasteiger partial charge in [-0.1, -0.05) is 39.8 Å². The molecule has 0 saturated carbocycles. The molecule has 1 heterocycles. The van der Waals surface area contributed by atoms with Crippen molar-refractivity contribution >= 4 is 17.3 Å². The number of hydrogen-bond acceptors (Lipinski definition) is 5. The lowest BCUT2D eigenvalue weighted by molar-refractivity contribution is 0.0216. The topological polar surface area (TPSA) is 55.8 Å². The molecule has 0 fully saturated rings. The zero-order valence-corrected chi connectivity index (χ0v) is 20.2. The molecular formula is C25H36O4S. The second-order valence-corrected chi connectivity index (χ2v) is 10.2. The van der Waals surface area contributed by atoms with Gasteiger partial charge in [-0.05, 0) is 73.3 Å². The molecule has 1 aromatic carbocycles. The van der Waals surface area contributed by atoms with Crippen LogP contribution in [0.15, 0.2) is 24.3 Å². The highest BCUT2D eigenvalue weighted by atomic mass is 32.1. The summed E-state index contributed by atoms with van der Waals surface area (Å²) in [6.07, 6.45) is 2.51. The summed E-state index contributed by atoms with van der Waals surface area (Å²) in [7, 11) is 1.42. The normalized spacial score (nSPS) is 13.7. The first-order chi connectivity index (χ1) is 14.1. The molecule has 0 saturated heterocycles. The summed E-state index contributed by atoms with van der Waals surface area (Å²) >= 11 is 1.54. The van der Waals surface area contributed by atoms with Crippen LogP contribution in [0, 0.1) is 19.3 Å². The lowest BCUT2D eigenvalue weighted by Crippen LogP contribution is -2.32. The van der Waals surface area contributed by atoms with E-state index in [1.807, 2.05) is 33.8 Å². The Labute approximate surface area is 185 Å². The number of hydrogen-bond donors (Lipinski definition) is 1. The molecule has 0 aliphatic heterocycles. The number of rotatable bonds is 9. The maximum absolute atomic E-state index is 11.8. The van der Waals surface area contributed by atoms with Crippen LogP contribution in [0.25, 0.3) is 0 Å². The van der Waals surface area contributed by atoms with Crippen LogP contribution in [-0.2, 0) is 11.2 Å². The summed E-state index contributed by atoms with van der Waals surface area (Å²) in [5.41, 5.74) is 3.19. The van der Waals surface area contributed by atoms with E-state index in [0.717, 1.165) is 36.1 Å². The maximum atomic E-state index is 11.8. The Bertz CT molecular complexity index is 847. The van der Waals surface area contributed by atoms with Crippen molar-refractivity contribution in [2.75, 3.05) is 13.7 Å². The summed E-state index contributed by atoms with van der Waals surface area (Å²) < 4.78 is 10.7. The van der Waals surface area contributed by atoms with Crippen LogP contribution in [-0.4, -0.2) is 30.9 Å². The molecule has 1 N–H and O–H groups in total. The number of aryl methyl sites for hydroxylation is 3. The van der Waals surface area contributed by atoms with E-state index in [0.29, 0.717) is 17.4 Å². The van der Waals surface area contributed by atoms with Crippen molar-refractivity contribution in [3.63, 3.8) is 0 Å². The van der Waals surface area contributed by atoms with Gasteiger partial charge in [0.15, 0.2) is 0 Å². The lowest BCUT2D eigenvalue weighted by atomic mass is 9.89. The van der Waals surface area contributed by atoms with E-state index >= 15 is 0 Å². The molecule has 166 valence electrons. The predicted molar refractivity (Wildman–Crippen MR) is 124 cm³/mol. The van der Waals surface area contributed by atoms with Crippen molar-refractivity contribution < 1.29 is 19.4 Å². The summed E-state index contributed by atoms with van der Waals surface area (Å²) in [6.45, 7) is 12.5. The van der Waals surface area contributed by atoms with Gasteiger partial charge in [0.05, 0.1) is 13.2 Å². The van der Waals surface area contributed by atoms with E-state index in [4.69, 9.17) is 9.47 Å². The van der Waals surface area contributed by atoms with Crippen LogP contribution in [0.1, 0.15) is 77.7 Å². The second kappa shape index (κ2) is 10.5. The third kappa shape index (κ3) is 6.32. The Morgan fingerprint density at radius 2 is 1.87 bits per heavy atom. The molecule has 2 atom stereocenters. The van der Waals surface area contributed by atoms with Crippen LogP contribution in [0.2, 0.25) is 0 Å². The van der Waals surface area contributed by atoms with Gasteiger partial charge in [-0.2, -0.15) is 0 Å². The van der Waals surface area contributed by atoms with E-state index in [-0.39, 0.29) is 11.4 Å². The van der Waals surface area contributed by atoms with Crippen molar-refractivity contribution in [2.45, 2.75) is 72.8 Å². The summed E-state index contributed by atoms with van der Waals surface area (Å²) in [4.78, 5) is 13.8. The molecule has 5 heteroatoms. The van der Waals surface area contributed by atoms with Crippen LogP contribution >= 0.6 is 11.3 Å². The van der Waals surface area contributed by atoms with Gasteiger partial charge < -0.3 is 14.6 Å². The van der Waals surface area contributed by atoms with E-state index in [1.54, 1.807) is 0 Å².